The van der Waals surface area contributed by atoms with E-state index in [1.807, 2.05) is 6.92 Å². The van der Waals surface area contributed by atoms with Gasteiger partial charge in [0.25, 0.3) is 0 Å². The summed E-state index contributed by atoms with van der Waals surface area (Å²) in [7, 11) is 0. The number of aromatic nitrogens is 2. The van der Waals surface area contributed by atoms with Gasteiger partial charge in [-0.3, -0.25) is 0 Å². The zero-order chi connectivity index (χ0) is 14.4. The average Bonchev–Trinajstić information content (AvgIpc) is 2.44. The fourth-order valence-electron chi connectivity index (χ4n) is 1.43. The van der Waals surface area contributed by atoms with Crippen molar-refractivity contribution in [3.8, 4) is 6.01 Å². The summed E-state index contributed by atoms with van der Waals surface area (Å²) in [5, 5.41) is 4.88. The quantitative estimate of drug-likeness (QED) is 0.900. The van der Waals surface area contributed by atoms with Crippen LogP contribution in [0, 0.1) is 5.82 Å². The first-order valence-corrected chi connectivity index (χ1v) is 5.96. The highest BCUT2D eigenvalue weighted by atomic mass is 19.1. The predicted octanol–water partition coefficient (Wildman–Crippen LogP) is 2.66. The van der Waals surface area contributed by atoms with Gasteiger partial charge >= 0.3 is 12.0 Å². The third-order valence-electron chi connectivity index (χ3n) is 2.28. The standard InChI is InChI=1S/C13H13FN4O2/c1-2-20-13-15-7-9(8-16-13)17-12(19)18-11-6-4-3-5-10(11)14/h3-8H,2H2,1H3,(H2,17,18,19). The number of rotatable bonds is 4. The van der Waals surface area contributed by atoms with Crippen molar-refractivity contribution in [3.63, 3.8) is 0 Å². The van der Waals surface area contributed by atoms with Crippen LogP contribution in [0.2, 0.25) is 0 Å². The van der Waals surface area contributed by atoms with Crippen LogP contribution in [0.15, 0.2) is 36.7 Å². The maximum Gasteiger partial charge on any atom is 0.323 e. The van der Waals surface area contributed by atoms with Crippen molar-refractivity contribution in [2.24, 2.45) is 0 Å². The largest absolute Gasteiger partial charge is 0.464 e. The number of carbonyl (C=O) groups is 1. The van der Waals surface area contributed by atoms with Crippen molar-refractivity contribution >= 4 is 17.4 Å². The number of anilines is 2. The van der Waals surface area contributed by atoms with Crippen LogP contribution in [-0.4, -0.2) is 22.6 Å². The van der Waals surface area contributed by atoms with E-state index in [4.69, 9.17) is 4.74 Å². The second-order valence-electron chi connectivity index (χ2n) is 3.75. The third-order valence-corrected chi connectivity index (χ3v) is 2.28. The predicted molar refractivity (Wildman–Crippen MR) is 72.2 cm³/mol. The molecule has 0 bridgehead atoms. The molecule has 0 spiro atoms. The number of para-hydroxylation sites is 1. The Morgan fingerprint density at radius 1 is 1.25 bits per heavy atom. The number of carbonyl (C=O) groups excluding carboxylic acids is 1. The Kier molecular flexibility index (Phi) is 4.43. The minimum absolute atomic E-state index is 0.0943. The maximum absolute atomic E-state index is 13.3. The van der Waals surface area contributed by atoms with E-state index < -0.39 is 11.8 Å². The second-order valence-corrected chi connectivity index (χ2v) is 3.75. The van der Waals surface area contributed by atoms with Crippen LogP contribution < -0.4 is 15.4 Å². The molecule has 1 aromatic carbocycles. The van der Waals surface area contributed by atoms with Gasteiger partial charge in [0.1, 0.15) is 5.82 Å². The molecule has 0 aliphatic heterocycles. The maximum atomic E-state index is 13.3. The average molecular weight is 276 g/mol. The van der Waals surface area contributed by atoms with E-state index in [-0.39, 0.29) is 11.7 Å². The molecular formula is C13H13FN4O2. The Morgan fingerprint density at radius 2 is 1.95 bits per heavy atom. The Hall–Kier alpha value is -2.70. The first-order valence-electron chi connectivity index (χ1n) is 5.96. The van der Waals surface area contributed by atoms with Gasteiger partial charge in [-0.25, -0.2) is 19.2 Å². The molecule has 2 aromatic rings. The van der Waals surface area contributed by atoms with Crippen molar-refractivity contribution < 1.29 is 13.9 Å². The normalized spacial score (nSPS) is 9.90. The molecule has 0 aliphatic rings. The number of amides is 2. The zero-order valence-corrected chi connectivity index (χ0v) is 10.8. The molecule has 7 heteroatoms. The zero-order valence-electron chi connectivity index (χ0n) is 10.8. The number of ether oxygens (including phenoxy) is 1. The van der Waals surface area contributed by atoms with Gasteiger partial charge in [0.05, 0.1) is 30.4 Å². The Morgan fingerprint density at radius 3 is 2.60 bits per heavy atom. The highest BCUT2D eigenvalue weighted by Gasteiger charge is 2.07. The molecule has 20 heavy (non-hydrogen) atoms. The number of hydrogen-bond acceptors (Lipinski definition) is 4. The molecule has 104 valence electrons. The summed E-state index contributed by atoms with van der Waals surface area (Å²) < 4.78 is 18.4. The summed E-state index contributed by atoms with van der Waals surface area (Å²) in [5.41, 5.74) is 0.471. The fraction of sp³-hybridized carbons (Fsp3) is 0.154. The van der Waals surface area contributed by atoms with Crippen molar-refractivity contribution in [1.82, 2.24) is 9.97 Å². The van der Waals surface area contributed by atoms with Crippen molar-refractivity contribution in [1.29, 1.82) is 0 Å². The lowest BCUT2D eigenvalue weighted by atomic mass is 10.3. The van der Waals surface area contributed by atoms with E-state index in [0.717, 1.165) is 0 Å². The molecule has 1 heterocycles. The van der Waals surface area contributed by atoms with Gasteiger partial charge in [-0.1, -0.05) is 12.1 Å². The highest BCUT2D eigenvalue weighted by molar-refractivity contribution is 5.99. The van der Waals surface area contributed by atoms with E-state index in [9.17, 15) is 9.18 Å². The van der Waals surface area contributed by atoms with Crippen molar-refractivity contribution in [2.75, 3.05) is 17.2 Å². The topological polar surface area (TPSA) is 76.1 Å². The highest BCUT2D eigenvalue weighted by Crippen LogP contribution is 2.13. The molecule has 2 rings (SSSR count). The third kappa shape index (κ3) is 3.64. The molecule has 0 radical (unpaired) electrons. The number of hydrogen-bond donors (Lipinski definition) is 2. The van der Waals surface area contributed by atoms with Crippen LogP contribution >= 0.6 is 0 Å². The molecule has 2 amide bonds. The van der Waals surface area contributed by atoms with E-state index >= 15 is 0 Å². The van der Waals surface area contributed by atoms with Gasteiger partial charge in [0, 0.05) is 0 Å². The van der Waals surface area contributed by atoms with Crippen LogP contribution in [0.4, 0.5) is 20.6 Å². The summed E-state index contributed by atoms with van der Waals surface area (Å²) in [6.07, 6.45) is 2.80. The van der Waals surface area contributed by atoms with Crippen molar-refractivity contribution in [2.45, 2.75) is 6.92 Å². The van der Waals surface area contributed by atoms with Crippen LogP contribution in [0.25, 0.3) is 0 Å². The Bertz CT molecular complexity index is 589. The molecule has 1 aromatic heterocycles. The van der Waals surface area contributed by atoms with Crippen LogP contribution in [0.3, 0.4) is 0 Å². The van der Waals surface area contributed by atoms with E-state index in [1.54, 1.807) is 12.1 Å². The first kappa shape index (κ1) is 13.7. The number of nitrogens with zero attached hydrogens (tertiary/aromatic N) is 2. The molecule has 0 aliphatic carbocycles. The number of halogens is 1. The summed E-state index contributed by atoms with van der Waals surface area (Å²) in [6.45, 7) is 2.28. The molecule has 0 saturated carbocycles. The Labute approximate surface area is 115 Å². The number of nitrogens with one attached hydrogen (secondary N) is 2. The van der Waals surface area contributed by atoms with Gasteiger partial charge in [-0.05, 0) is 19.1 Å². The van der Waals surface area contributed by atoms with Gasteiger partial charge < -0.3 is 15.4 Å². The number of urea groups is 1. The minimum atomic E-state index is -0.581. The van der Waals surface area contributed by atoms with Gasteiger partial charge in [-0.15, -0.1) is 0 Å². The molecule has 6 nitrogen and oxygen atoms in total. The Balaban J connectivity index is 1.96. The molecule has 0 unspecified atom stereocenters. The fourth-order valence-corrected chi connectivity index (χ4v) is 1.43. The van der Waals surface area contributed by atoms with E-state index in [2.05, 4.69) is 20.6 Å². The molecule has 0 saturated heterocycles. The summed E-state index contributed by atoms with van der Waals surface area (Å²) >= 11 is 0. The monoisotopic (exact) mass is 276 g/mol. The smallest absolute Gasteiger partial charge is 0.323 e. The lowest BCUT2D eigenvalue weighted by molar-refractivity contribution is 0.262. The van der Waals surface area contributed by atoms with Gasteiger partial charge in [0.2, 0.25) is 0 Å². The summed E-state index contributed by atoms with van der Waals surface area (Å²) in [5.74, 6) is -0.509. The van der Waals surface area contributed by atoms with Crippen LogP contribution in [0.5, 0.6) is 6.01 Å². The molecule has 0 fully saturated rings. The summed E-state index contributed by atoms with van der Waals surface area (Å²) in [4.78, 5) is 19.5. The lowest BCUT2D eigenvalue weighted by Crippen LogP contribution is -2.20. The second kappa shape index (κ2) is 6.46. The van der Waals surface area contributed by atoms with Crippen molar-refractivity contribution in [3.05, 3.63) is 42.5 Å². The first-order chi connectivity index (χ1) is 9.69. The minimum Gasteiger partial charge on any atom is -0.464 e. The lowest BCUT2D eigenvalue weighted by Gasteiger charge is -2.08. The van der Waals surface area contributed by atoms with Gasteiger partial charge in [-0.2, -0.15) is 0 Å². The molecule has 0 atom stereocenters. The van der Waals surface area contributed by atoms with Crippen LogP contribution in [-0.2, 0) is 0 Å². The number of benzene rings is 1. The van der Waals surface area contributed by atoms with E-state index in [1.165, 1.54) is 24.5 Å². The molecule has 2 N–H and O–H groups in total. The SMILES string of the molecule is CCOc1ncc(NC(=O)Nc2ccccc2F)cn1. The van der Waals surface area contributed by atoms with E-state index in [0.29, 0.717) is 12.3 Å². The molecular weight excluding hydrogens is 263 g/mol. The van der Waals surface area contributed by atoms with Gasteiger partial charge in [0.15, 0.2) is 0 Å². The summed E-state index contributed by atoms with van der Waals surface area (Å²) in [6, 6.07) is 5.53. The van der Waals surface area contributed by atoms with Crippen LogP contribution in [0.1, 0.15) is 6.92 Å².